The second-order valence-electron chi connectivity index (χ2n) is 7.03. The van der Waals surface area contributed by atoms with E-state index in [2.05, 4.69) is 5.32 Å². The molecule has 3 aromatic carbocycles. The minimum atomic E-state index is -0.439. The Morgan fingerprint density at radius 2 is 1.38 bits per heavy atom. The topological polar surface area (TPSA) is 84.9 Å². The highest BCUT2D eigenvalue weighted by atomic mass is 16.5. The molecule has 32 heavy (non-hydrogen) atoms. The summed E-state index contributed by atoms with van der Waals surface area (Å²) in [6.07, 6.45) is 0. The summed E-state index contributed by atoms with van der Waals surface area (Å²) in [5, 5.41) is 4.93. The van der Waals surface area contributed by atoms with Gasteiger partial charge in [0.05, 0.1) is 13.2 Å². The maximum atomic E-state index is 12.7. The summed E-state index contributed by atoms with van der Waals surface area (Å²) < 4.78 is 10.0. The zero-order valence-corrected chi connectivity index (χ0v) is 18.2. The van der Waals surface area contributed by atoms with Crippen molar-refractivity contribution >= 4 is 40.0 Å². The second kappa shape index (κ2) is 10.9. The quantitative estimate of drug-likeness (QED) is 0.512. The highest BCUT2D eigenvalue weighted by Gasteiger charge is 2.17. The summed E-state index contributed by atoms with van der Waals surface area (Å²) >= 11 is 0. The molecule has 0 atom stereocenters. The van der Waals surface area contributed by atoms with Gasteiger partial charge in [0.1, 0.15) is 13.1 Å². The number of carbonyl (C=O) groups is 3. The Labute approximate surface area is 186 Å². The normalized spacial score (nSPS) is 10.4. The summed E-state index contributed by atoms with van der Waals surface area (Å²) in [5.41, 5.74) is 1.79. The molecule has 0 saturated heterocycles. The van der Waals surface area contributed by atoms with E-state index in [1.165, 1.54) is 0 Å². The van der Waals surface area contributed by atoms with Crippen LogP contribution in [0.3, 0.4) is 0 Å². The molecule has 3 aromatic rings. The number of nitrogens with one attached hydrogen (secondary N) is 1. The molecule has 7 nitrogen and oxygen atoms in total. The lowest BCUT2D eigenvalue weighted by Crippen LogP contribution is -2.36. The number of hydrogen-bond acceptors (Lipinski definition) is 6. The molecule has 0 unspecified atom stereocenters. The lowest BCUT2D eigenvalue weighted by Gasteiger charge is -2.23. The Morgan fingerprint density at radius 3 is 1.97 bits per heavy atom. The summed E-state index contributed by atoms with van der Waals surface area (Å²) in [6.45, 7) is 3.78. The van der Waals surface area contributed by atoms with Gasteiger partial charge < -0.3 is 19.7 Å². The maximum Gasteiger partial charge on any atom is 0.325 e. The van der Waals surface area contributed by atoms with Crippen LogP contribution in [0.2, 0.25) is 0 Å². The van der Waals surface area contributed by atoms with Crippen molar-refractivity contribution in [2.45, 2.75) is 13.8 Å². The summed E-state index contributed by atoms with van der Waals surface area (Å²) in [4.78, 5) is 38.2. The van der Waals surface area contributed by atoms with E-state index in [1.807, 2.05) is 36.4 Å². The third kappa shape index (κ3) is 6.07. The van der Waals surface area contributed by atoms with E-state index in [1.54, 1.807) is 49.1 Å². The fourth-order valence-electron chi connectivity index (χ4n) is 3.25. The number of amides is 1. The predicted octanol–water partition coefficient (Wildman–Crippen LogP) is 4.02. The van der Waals surface area contributed by atoms with E-state index < -0.39 is 11.9 Å². The number of esters is 2. The molecule has 1 amide bonds. The van der Waals surface area contributed by atoms with E-state index in [-0.39, 0.29) is 32.2 Å². The average molecular weight is 434 g/mol. The van der Waals surface area contributed by atoms with E-state index >= 15 is 0 Å². The Balaban J connectivity index is 1.71. The van der Waals surface area contributed by atoms with Gasteiger partial charge >= 0.3 is 11.9 Å². The van der Waals surface area contributed by atoms with Gasteiger partial charge in [-0.15, -0.1) is 0 Å². The van der Waals surface area contributed by atoms with Crippen LogP contribution in [-0.4, -0.2) is 44.1 Å². The van der Waals surface area contributed by atoms with Gasteiger partial charge in [-0.2, -0.15) is 0 Å². The predicted molar refractivity (Wildman–Crippen MR) is 124 cm³/mol. The van der Waals surface area contributed by atoms with Crippen molar-refractivity contribution in [3.8, 4) is 0 Å². The molecule has 0 heterocycles. The molecule has 0 aliphatic rings. The Bertz CT molecular complexity index is 1070. The van der Waals surface area contributed by atoms with Crippen molar-refractivity contribution in [3.63, 3.8) is 0 Å². The molecule has 0 aliphatic carbocycles. The number of anilines is 2. The molecule has 7 heteroatoms. The first kappa shape index (κ1) is 22.8. The van der Waals surface area contributed by atoms with Crippen molar-refractivity contribution in [3.05, 3.63) is 72.3 Å². The molecule has 0 aromatic heterocycles. The standard InChI is InChI=1S/C25H26N2O5/c1-3-31-23(28)16-27(17-24(29)32-4-2)22-13-11-21(12-14-22)26-25(30)20-10-9-18-7-5-6-8-19(18)15-20/h5-15H,3-4,16-17H2,1-2H3,(H,26,30). The van der Waals surface area contributed by atoms with Crippen LogP contribution in [0.25, 0.3) is 10.8 Å². The van der Waals surface area contributed by atoms with Crippen LogP contribution in [0.1, 0.15) is 24.2 Å². The number of rotatable bonds is 9. The molecule has 0 fully saturated rings. The van der Waals surface area contributed by atoms with Crippen LogP contribution in [0.4, 0.5) is 11.4 Å². The monoisotopic (exact) mass is 434 g/mol. The van der Waals surface area contributed by atoms with Gasteiger partial charge in [0, 0.05) is 16.9 Å². The van der Waals surface area contributed by atoms with Crippen LogP contribution in [0.15, 0.2) is 66.7 Å². The van der Waals surface area contributed by atoms with Crippen molar-refractivity contribution in [2.24, 2.45) is 0 Å². The van der Waals surface area contributed by atoms with E-state index in [9.17, 15) is 14.4 Å². The Hall–Kier alpha value is -3.87. The molecule has 0 saturated carbocycles. The summed E-state index contributed by atoms with van der Waals surface area (Å²) in [5.74, 6) is -1.10. The number of benzene rings is 3. The SMILES string of the molecule is CCOC(=O)CN(CC(=O)OCC)c1ccc(NC(=O)c2ccc3ccccc3c2)cc1. The smallest absolute Gasteiger partial charge is 0.325 e. The maximum absolute atomic E-state index is 12.7. The van der Waals surface area contributed by atoms with Crippen molar-refractivity contribution in [1.29, 1.82) is 0 Å². The fraction of sp³-hybridized carbons (Fsp3) is 0.240. The highest BCUT2D eigenvalue weighted by molar-refractivity contribution is 6.06. The zero-order chi connectivity index (χ0) is 22.9. The van der Waals surface area contributed by atoms with Gasteiger partial charge in [-0.3, -0.25) is 14.4 Å². The number of nitrogens with zero attached hydrogens (tertiary/aromatic N) is 1. The molecule has 0 spiro atoms. The molecular formula is C25H26N2O5. The molecule has 166 valence electrons. The lowest BCUT2D eigenvalue weighted by molar-refractivity contribution is -0.142. The van der Waals surface area contributed by atoms with E-state index in [0.717, 1.165) is 10.8 Å². The van der Waals surface area contributed by atoms with Crippen LogP contribution in [0.5, 0.6) is 0 Å². The molecule has 0 radical (unpaired) electrons. The molecule has 0 bridgehead atoms. The first-order valence-corrected chi connectivity index (χ1v) is 10.5. The van der Waals surface area contributed by atoms with Gasteiger partial charge in [-0.1, -0.05) is 30.3 Å². The first-order valence-electron chi connectivity index (χ1n) is 10.5. The highest BCUT2D eigenvalue weighted by Crippen LogP contribution is 2.20. The fourth-order valence-corrected chi connectivity index (χ4v) is 3.25. The number of fused-ring (bicyclic) bond motifs is 1. The number of carbonyl (C=O) groups excluding carboxylic acids is 3. The summed E-state index contributed by atoms with van der Waals surface area (Å²) in [7, 11) is 0. The van der Waals surface area contributed by atoms with Crippen LogP contribution in [-0.2, 0) is 19.1 Å². The van der Waals surface area contributed by atoms with Crippen LogP contribution >= 0.6 is 0 Å². The van der Waals surface area contributed by atoms with Crippen LogP contribution < -0.4 is 10.2 Å². The van der Waals surface area contributed by atoms with E-state index in [0.29, 0.717) is 16.9 Å². The summed E-state index contributed by atoms with van der Waals surface area (Å²) in [6, 6.07) is 20.3. The zero-order valence-electron chi connectivity index (χ0n) is 18.2. The van der Waals surface area contributed by atoms with Crippen LogP contribution in [0, 0.1) is 0 Å². The van der Waals surface area contributed by atoms with Gasteiger partial charge in [-0.05, 0) is 61.0 Å². The molecular weight excluding hydrogens is 408 g/mol. The minimum absolute atomic E-state index is 0.0878. The average Bonchev–Trinajstić information content (AvgIpc) is 2.79. The van der Waals surface area contributed by atoms with Crippen molar-refractivity contribution in [2.75, 3.05) is 36.5 Å². The van der Waals surface area contributed by atoms with Gasteiger partial charge in [-0.25, -0.2) is 0 Å². The van der Waals surface area contributed by atoms with Gasteiger partial charge in [0.25, 0.3) is 5.91 Å². The van der Waals surface area contributed by atoms with Gasteiger partial charge in [0.15, 0.2) is 0 Å². The van der Waals surface area contributed by atoms with E-state index in [4.69, 9.17) is 9.47 Å². The molecule has 3 rings (SSSR count). The van der Waals surface area contributed by atoms with Crippen molar-refractivity contribution < 1.29 is 23.9 Å². The molecule has 1 N–H and O–H groups in total. The Morgan fingerprint density at radius 1 is 0.781 bits per heavy atom. The second-order valence-corrected chi connectivity index (χ2v) is 7.03. The largest absolute Gasteiger partial charge is 0.465 e. The molecule has 0 aliphatic heterocycles. The first-order chi connectivity index (χ1) is 15.5. The van der Waals surface area contributed by atoms with Gasteiger partial charge in [0.2, 0.25) is 0 Å². The third-order valence-electron chi connectivity index (χ3n) is 4.75. The third-order valence-corrected chi connectivity index (χ3v) is 4.75. The Kier molecular flexibility index (Phi) is 7.80. The minimum Gasteiger partial charge on any atom is -0.465 e. The number of hydrogen-bond donors (Lipinski definition) is 1. The number of ether oxygens (including phenoxy) is 2. The lowest BCUT2D eigenvalue weighted by atomic mass is 10.1. The van der Waals surface area contributed by atoms with Crippen molar-refractivity contribution in [1.82, 2.24) is 0 Å².